The highest BCUT2D eigenvalue weighted by atomic mass is 32.1. The number of phenolic OH excluding ortho intramolecular Hbond substituents is 2. The van der Waals surface area contributed by atoms with E-state index in [1.807, 2.05) is 59.2 Å². The number of phenols is 2. The first-order chi connectivity index (χ1) is 18.0. The van der Waals surface area contributed by atoms with Crippen molar-refractivity contribution in [1.29, 1.82) is 0 Å². The Morgan fingerprint density at radius 3 is 1.97 bits per heavy atom. The highest BCUT2D eigenvalue weighted by molar-refractivity contribution is 7.71. The standard InChI is InChI=1S/C30H28N2O4S/c1-35-28-18-22(10-14-26(28)33)8-12-24-20-25(13-9-23-11-15-27(34)29(19-23)36-2)32(30(37)31-24)17-16-21-6-4-3-5-7-21/h3-15,18-20,33-34H,16-17H2,1-2H3. The van der Waals surface area contributed by atoms with Gasteiger partial charge in [-0.1, -0.05) is 54.6 Å². The molecule has 0 atom stereocenters. The fourth-order valence-electron chi connectivity index (χ4n) is 3.84. The van der Waals surface area contributed by atoms with Crippen molar-refractivity contribution in [3.05, 3.63) is 106 Å². The average Bonchev–Trinajstić information content (AvgIpc) is 2.92. The predicted molar refractivity (Wildman–Crippen MR) is 150 cm³/mol. The van der Waals surface area contributed by atoms with E-state index in [1.54, 1.807) is 30.3 Å². The van der Waals surface area contributed by atoms with Gasteiger partial charge in [0.1, 0.15) is 0 Å². The number of aromatic nitrogens is 2. The Hall–Kier alpha value is -4.36. The van der Waals surface area contributed by atoms with Crippen molar-refractivity contribution in [2.45, 2.75) is 13.0 Å². The van der Waals surface area contributed by atoms with E-state index in [2.05, 4.69) is 17.1 Å². The molecule has 188 valence electrons. The predicted octanol–water partition coefficient (Wildman–Crippen LogP) is 6.62. The van der Waals surface area contributed by atoms with Gasteiger partial charge in [-0.3, -0.25) is 0 Å². The van der Waals surface area contributed by atoms with Crippen molar-refractivity contribution in [2.75, 3.05) is 14.2 Å². The lowest BCUT2D eigenvalue weighted by atomic mass is 10.1. The summed E-state index contributed by atoms with van der Waals surface area (Å²) in [5, 5.41) is 19.8. The smallest absolute Gasteiger partial charge is 0.200 e. The van der Waals surface area contributed by atoms with Crippen LogP contribution in [0.4, 0.5) is 0 Å². The van der Waals surface area contributed by atoms with Crippen molar-refractivity contribution in [3.63, 3.8) is 0 Å². The third kappa shape index (κ3) is 6.65. The Labute approximate surface area is 221 Å². The number of hydrogen-bond acceptors (Lipinski definition) is 6. The van der Waals surface area contributed by atoms with Gasteiger partial charge >= 0.3 is 0 Å². The first kappa shape index (κ1) is 25.7. The molecule has 1 aromatic heterocycles. The number of rotatable bonds is 9. The van der Waals surface area contributed by atoms with Gasteiger partial charge in [-0.15, -0.1) is 0 Å². The van der Waals surface area contributed by atoms with Gasteiger partial charge in [0.25, 0.3) is 0 Å². The maximum Gasteiger partial charge on any atom is 0.200 e. The molecule has 0 aliphatic heterocycles. The lowest BCUT2D eigenvalue weighted by molar-refractivity contribution is 0.373. The first-order valence-electron chi connectivity index (χ1n) is 11.7. The molecule has 7 heteroatoms. The van der Waals surface area contributed by atoms with Crippen LogP contribution in [-0.2, 0) is 13.0 Å². The van der Waals surface area contributed by atoms with Crippen LogP contribution in [0.5, 0.6) is 23.0 Å². The zero-order valence-corrected chi connectivity index (χ0v) is 21.5. The number of ether oxygens (including phenoxy) is 2. The van der Waals surface area contributed by atoms with Crippen LogP contribution in [0.25, 0.3) is 24.3 Å². The van der Waals surface area contributed by atoms with Crippen molar-refractivity contribution < 1.29 is 19.7 Å². The topological polar surface area (TPSA) is 76.7 Å². The number of aromatic hydroxyl groups is 2. The third-order valence-electron chi connectivity index (χ3n) is 5.83. The Morgan fingerprint density at radius 1 is 0.784 bits per heavy atom. The van der Waals surface area contributed by atoms with E-state index < -0.39 is 0 Å². The molecule has 0 unspecified atom stereocenters. The van der Waals surface area contributed by atoms with Gasteiger partial charge in [-0.25, -0.2) is 4.98 Å². The summed E-state index contributed by atoms with van der Waals surface area (Å²) in [4.78, 5) is 4.64. The molecule has 1 heterocycles. The molecule has 37 heavy (non-hydrogen) atoms. The fraction of sp³-hybridized carbons (Fsp3) is 0.133. The second kappa shape index (κ2) is 12.1. The van der Waals surface area contributed by atoms with Gasteiger partial charge in [0.2, 0.25) is 0 Å². The van der Waals surface area contributed by atoms with Crippen molar-refractivity contribution >= 4 is 36.5 Å². The highest BCUT2D eigenvalue weighted by Gasteiger charge is 2.06. The Kier molecular flexibility index (Phi) is 8.38. The van der Waals surface area contributed by atoms with E-state index >= 15 is 0 Å². The zero-order valence-electron chi connectivity index (χ0n) is 20.7. The third-order valence-corrected chi connectivity index (χ3v) is 6.14. The minimum Gasteiger partial charge on any atom is -0.504 e. The van der Waals surface area contributed by atoms with Gasteiger partial charge in [-0.2, -0.15) is 0 Å². The number of aryl methyl sites for hydroxylation is 1. The Morgan fingerprint density at radius 2 is 1.38 bits per heavy atom. The van der Waals surface area contributed by atoms with E-state index in [0.29, 0.717) is 28.5 Å². The largest absolute Gasteiger partial charge is 0.504 e. The van der Waals surface area contributed by atoms with E-state index in [1.165, 1.54) is 19.8 Å². The SMILES string of the molecule is COc1cc(C=Cc2cc(C=Cc3ccc(O)c(OC)c3)n(CCc3ccccc3)c(=S)n2)ccc1O. The van der Waals surface area contributed by atoms with Crippen LogP contribution >= 0.6 is 12.2 Å². The van der Waals surface area contributed by atoms with Gasteiger partial charge in [0.05, 0.1) is 19.9 Å². The molecule has 4 rings (SSSR count). The van der Waals surface area contributed by atoms with E-state index in [9.17, 15) is 10.2 Å². The summed E-state index contributed by atoms with van der Waals surface area (Å²) in [6.07, 6.45) is 8.52. The van der Waals surface area contributed by atoms with E-state index in [0.717, 1.165) is 23.2 Å². The summed E-state index contributed by atoms with van der Waals surface area (Å²) in [5.74, 6) is 0.986. The molecule has 0 bridgehead atoms. The van der Waals surface area contributed by atoms with Crippen LogP contribution in [0.1, 0.15) is 28.1 Å². The minimum absolute atomic E-state index is 0.0862. The fourth-order valence-corrected chi connectivity index (χ4v) is 4.14. The van der Waals surface area contributed by atoms with Crippen LogP contribution in [-0.4, -0.2) is 34.0 Å². The van der Waals surface area contributed by atoms with E-state index in [-0.39, 0.29) is 11.5 Å². The Bertz CT molecular complexity index is 1490. The molecule has 0 saturated heterocycles. The van der Waals surface area contributed by atoms with Gasteiger partial charge < -0.3 is 24.3 Å². The lowest BCUT2D eigenvalue weighted by Gasteiger charge is -2.12. The summed E-state index contributed by atoms with van der Waals surface area (Å²) in [6.45, 7) is 0.674. The normalized spacial score (nSPS) is 11.3. The summed E-state index contributed by atoms with van der Waals surface area (Å²) in [7, 11) is 3.04. The first-order valence-corrected chi connectivity index (χ1v) is 12.1. The molecule has 2 N–H and O–H groups in total. The number of methoxy groups -OCH3 is 2. The highest BCUT2D eigenvalue weighted by Crippen LogP contribution is 2.28. The monoisotopic (exact) mass is 512 g/mol. The molecule has 3 aromatic carbocycles. The molecule has 0 radical (unpaired) electrons. The maximum atomic E-state index is 9.91. The quantitative estimate of drug-likeness (QED) is 0.245. The maximum absolute atomic E-state index is 9.91. The van der Waals surface area contributed by atoms with Crippen LogP contribution in [0.15, 0.2) is 72.8 Å². The molecule has 0 spiro atoms. The van der Waals surface area contributed by atoms with Crippen LogP contribution in [0.2, 0.25) is 0 Å². The second-order valence-corrected chi connectivity index (χ2v) is 8.67. The molecular weight excluding hydrogens is 484 g/mol. The molecule has 0 aliphatic carbocycles. The molecule has 4 aromatic rings. The molecule has 0 aliphatic rings. The van der Waals surface area contributed by atoms with Gasteiger partial charge in [0, 0.05) is 12.2 Å². The average molecular weight is 513 g/mol. The molecule has 0 saturated carbocycles. The Balaban J connectivity index is 1.68. The molecule has 0 amide bonds. The molecule has 0 fully saturated rings. The summed E-state index contributed by atoms with van der Waals surface area (Å²) in [5.41, 5.74) is 4.55. The van der Waals surface area contributed by atoms with Crippen molar-refractivity contribution in [2.24, 2.45) is 0 Å². The minimum atomic E-state index is 0.0862. The van der Waals surface area contributed by atoms with E-state index in [4.69, 9.17) is 21.7 Å². The second-order valence-electron chi connectivity index (χ2n) is 8.30. The summed E-state index contributed by atoms with van der Waals surface area (Å²) in [6, 6.07) is 22.6. The zero-order chi connectivity index (χ0) is 26.2. The summed E-state index contributed by atoms with van der Waals surface area (Å²) < 4.78 is 12.9. The molecular formula is C30H28N2O4S. The van der Waals surface area contributed by atoms with Crippen LogP contribution < -0.4 is 9.47 Å². The van der Waals surface area contributed by atoms with Crippen molar-refractivity contribution in [3.8, 4) is 23.0 Å². The van der Waals surface area contributed by atoms with Gasteiger partial charge in [0.15, 0.2) is 27.8 Å². The van der Waals surface area contributed by atoms with Crippen LogP contribution in [0, 0.1) is 4.77 Å². The number of nitrogens with zero attached hydrogens (tertiary/aromatic N) is 2. The molecule has 6 nitrogen and oxygen atoms in total. The van der Waals surface area contributed by atoms with Gasteiger partial charge in [-0.05, 0) is 77.8 Å². The summed E-state index contributed by atoms with van der Waals surface area (Å²) >= 11 is 5.70. The van der Waals surface area contributed by atoms with Crippen LogP contribution in [0.3, 0.4) is 0 Å². The number of hydrogen-bond donors (Lipinski definition) is 2. The van der Waals surface area contributed by atoms with Crippen molar-refractivity contribution in [1.82, 2.24) is 9.55 Å². The number of benzene rings is 3. The lowest BCUT2D eigenvalue weighted by Crippen LogP contribution is -2.09.